The molecule has 0 saturated carbocycles. The van der Waals surface area contributed by atoms with Gasteiger partial charge in [-0.2, -0.15) is 0 Å². The standard InChI is InChI=1S/C11H16BrN3OS/c1-14-3-5-15(6-4-14)17-10-7-9(12)8-13-11(10)16-2/h7-8H,3-6H2,1-2H3. The number of rotatable bonds is 3. The summed E-state index contributed by atoms with van der Waals surface area (Å²) < 4.78 is 8.61. The van der Waals surface area contributed by atoms with Crippen LogP contribution in [-0.2, 0) is 0 Å². The maximum Gasteiger partial charge on any atom is 0.228 e. The third kappa shape index (κ3) is 3.58. The first-order chi connectivity index (χ1) is 8.19. The number of ether oxygens (including phenoxy) is 1. The van der Waals surface area contributed by atoms with Crippen molar-refractivity contribution in [2.24, 2.45) is 0 Å². The molecular weight excluding hydrogens is 302 g/mol. The highest BCUT2D eigenvalue weighted by atomic mass is 79.9. The molecule has 4 nitrogen and oxygen atoms in total. The normalized spacial score (nSPS) is 18.3. The summed E-state index contributed by atoms with van der Waals surface area (Å²) in [5.41, 5.74) is 0. The molecule has 0 unspecified atom stereocenters. The molecule has 0 radical (unpaired) electrons. The Bertz CT molecular complexity index is 383. The van der Waals surface area contributed by atoms with Crippen LogP contribution in [-0.4, -0.2) is 54.5 Å². The molecule has 94 valence electrons. The summed E-state index contributed by atoms with van der Waals surface area (Å²) >= 11 is 5.16. The molecule has 1 saturated heterocycles. The van der Waals surface area contributed by atoms with E-state index in [-0.39, 0.29) is 0 Å². The highest BCUT2D eigenvalue weighted by Gasteiger charge is 2.17. The van der Waals surface area contributed by atoms with Crippen LogP contribution in [0.15, 0.2) is 21.6 Å². The van der Waals surface area contributed by atoms with E-state index in [9.17, 15) is 0 Å². The van der Waals surface area contributed by atoms with Crippen LogP contribution in [0.5, 0.6) is 5.88 Å². The lowest BCUT2D eigenvalue weighted by Crippen LogP contribution is -2.41. The molecule has 0 aromatic carbocycles. The second-order valence-corrected chi connectivity index (χ2v) is 6.04. The van der Waals surface area contributed by atoms with Crippen LogP contribution < -0.4 is 4.74 Å². The fourth-order valence-corrected chi connectivity index (χ4v) is 3.15. The summed E-state index contributed by atoms with van der Waals surface area (Å²) in [6.07, 6.45) is 1.76. The number of pyridine rings is 1. The fraction of sp³-hybridized carbons (Fsp3) is 0.545. The van der Waals surface area contributed by atoms with Gasteiger partial charge in [0.1, 0.15) is 0 Å². The van der Waals surface area contributed by atoms with E-state index in [1.807, 2.05) is 0 Å². The zero-order valence-electron chi connectivity index (χ0n) is 10.0. The number of nitrogens with zero attached hydrogens (tertiary/aromatic N) is 3. The molecule has 1 aromatic rings. The van der Waals surface area contributed by atoms with E-state index in [1.165, 1.54) is 0 Å². The highest BCUT2D eigenvalue weighted by molar-refractivity contribution is 9.10. The Balaban J connectivity index is 2.04. The number of aromatic nitrogens is 1. The van der Waals surface area contributed by atoms with Crippen molar-refractivity contribution in [2.45, 2.75) is 4.90 Å². The number of hydrogen-bond donors (Lipinski definition) is 0. The zero-order chi connectivity index (χ0) is 12.3. The van der Waals surface area contributed by atoms with Crippen LogP contribution >= 0.6 is 27.9 Å². The average molecular weight is 318 g/mol. The summed E-state index contributed by atoms with van der Waals surface area (Å²) in [7, 11) is 3.81. The quantitative estimate of drug-likeness (QED) is 0.796. The van der Waals surface area contributed by atoms with Gasteiger partial charge in [-0.3, -0.25) is 0 Å². The van der Waals surface area contributed by atoms with E-state index in [0.29, 0.717) is 5.88 Å². The fourth-order valence-electron chi connectivity index (χ4n) is 1.65. The van der Waals surface area contributed by atoms with E-state index >= 15 is 0 Å². The predicted octanol–water partition coefficient (Wildman–Crippen LogP) is 2.11. The molecule has 17 heavy (non-hydrogen) atoms. The lowest BCUT2D eigenvalue weighted by molar-refractivity contribution is 0.233. The Kier molecular flexibility index (Phi) is 4.67. The first kappa shape index (κ1) is 13.1. The van der Waals surface area contributed by atoms with E-state index in [4.69, 9.17) is 4.74 Å². The van der Waals surface area contributed by atoms with Crippen LogP contribution in [0.4, 0.5) is 0 Å². The second-order valence-electron chi connectivity index (χ2n) is 3.98. The smallest absolute Gasteiger partial charge is 0.228 e. The number of piperazine rings is 1. The SMILES string of the molecule is COc1ncc(Br)cc1SN1CCN(C)CC1. The number of halogens is 1. The van der Waals surface area contributed by atoms with Crippen molar-refractivity contribution in [3.8, 4) is 5.88 Å². The topological polar surface area (TPSA) is 28.6 Å². The largest absolute Gasteiger partial charge is 0.480 e. The minimum absolute atomic E-state index is 0.692. The number of likely N-dealkylation sites (N-methyl/N-ethyl adjacent to an activating group) is 1. The molecule has 0 bridgehead atoms. The van der Waals surface area contributed by atoms with E-state index in [0.717, 1.165) is 35.5 Å². The summed E-state index contributed by atoms with van der Waals surface area (Å²) in [6.45, 7) is 4.35. The third-order valence-corrected chi connectivity index (χ3v) is 4.21. The van der Waals surface area contributed by atoms with Gasteiger partial charge in [-0.1, -0.05) is 0 Å². The Morgan fingerprint density at radius 2 is 2.06 bits per heavy atom. The maximum absolute atomic E-state index is 5.27. The summed E-state index contributed by atoms with van der Waals surface area (Å²) in [5, 5.41) is 0. The molecular formula is C11H16BrN3OS. The maximum atomic E-state index is 5.27. The molecule has 1 aliphatic rings. The average Bonchev–Trinajstić information content (AvgIpc) is 2.32. The molecule has 1 fully saturated rings. The van der Waals surface area contributed by atoms with Crippen LogP contribution in [0.2, 0.25) is 0 Å². The number of hydrogen-bond acceptors (Lipinski definition) is 5. The minimum Gasteiger partial charge on any atom is -0.480 e. The van der Waals surface area contributed by atoms with Gasteiger partial charge in [0.15, 0.2) is 0 Å². The van der Waals surface area contributed by atoms with E-state index in [1.54, 1.807) is 25.3 Å². The van der Waals surface area contributed by atoms with Crippen LogP contribution in [0.3, 0.4) is 0 Å². The monoisotopic (exact) mass is 317 g/mol. The van der Waals surface area contributed by atoms with Crippen molar-refractivity contribution in [1.82, 2.24) is 14.2 Å². The van der Waals surface area contributed by atoms with Crippen molar-refractivity contribution < 1.29 is 4.74 Å². The third-order valence-electron chi connectivity index (χ3n) is 2.67. The van der Waals surface area contributed by atoms with Crippen molar-refractivity contribution in [3.05, 3.63) is 16.7 Å². The van der Waals surface area contributed by atoms with Crippen molar-refractivity contribution in [1.29, 1.82) is 0 Å². The van der Waals surface area contributed by atoms with Crippen LogP contribution in [0.1, 0.15) is 0 Å². The zero-order valence-corrected chi connectivity index (χ0v) is 12.4. The van der Waals surface area contributed by atoms with Gasteiger partial charge in [-0.05, 0) is 41.0 Å². The molecule has 2 heterocycles. The molecule has 2 rings (SSSR count). The summed E-state index contributed by atoms with van der Waals surface area (Å²) in [6, 6.07) is 2.05. The highest BCUT2D eigenvalue weighted by Crippen LogP contribution is 2.32. The summed E-state index contributed by atoms with van der Waals surface area (Å²) in [5.74, 6) is 0.692. The van der Waals surface area contributed by atoms with E-state index in [2.05, 4.69) is 43.2 Å². The van der Waals surface area contributed by atoms with Gasteiger partial charge in [-0.25, -0.2) is 9.29 Å². The second kappa shape index (κ2) is 6.04. The molecule has 1 aromatic heterocycles. The van der Waals surface area contributed by atoms with Gasteiger partial charge in [0, 0.05) is 36.8 Å². The minimum atomic E-state index is 0.692. The predicted molar refractivity (Wildman–Crippen MR) is 73.4 cm³/mol. The van der Waals surface area contributed by atoms with Crippen molar-refractivity contribution in [3.63, 3.8) is 0 Å². The first-order valence-electron chi connectivity index (χ1n) is 5.50. The van der Waals surface area contributed by atoms with Gasteiger partial charge in [0.2, 0.25) is 5.88 Å². The van der Waals surface area contributed by atoms with E-state index < -0.39 is 0 Å². The van der Waals surface area contributed by atoms with Gasteiger partial charge in [0.25, 0.3) is 0 Å². The molecule has 6 heteroatoms. The number of methoxy groups -OCH3 is 1. The Morgan fingerprint density at radius 1 is 1.35 bits per heavy atom. The lowest BCUT2D eigenvalue weighted by Gasteiger charge is -2.31. The molecule has 0 N–H and O–H groups in total. The molecule has 0 amide bonds. The molecule has 0 atom stereocenters. The van der Waals surface area contributed by atoms with Gasteiger partial charge < -0.3 is 9.64 Å². The first-order valence-corrected chi connectivity index (χ1v) is 7.06. The van der Waals surface area contributed by atoms with Crippen LogP contribution in [0, 0.1) is 0 Å². The Hall–Kier alpha value is -0.300. The van der Waals surface area contributed by atoms with Gasteiger partial charge in [0.05, 0.1) is 12.0 Å². The molecule has 1 aliphatic heterocycles. The Morgan fingerprint density at radius 3 is 2.71 bits per heavy atom. The summed E-state index contributed by atoms with van der Waals surface area (Å²) in [4.78, 5) is 7.65. The van der Waals surface area contributed by atoms with Crippen molar-refractivity contribution in [2.75, 3.05) is 40.3 Å². The van der Waals surface area contributed by atoms with Crippen molar-refractivity contribution >= 4 is 27.9 Å². The van der Waals surface area contributed by atoms with Gasteiger partial charge >= 0.3 is 0 Å². The van der Waals surface area contributed by atoms with Gasteiger partial charge in [-0.15, -0.1) is 0 Å². The Labute approximate surface area is 115 Å². The lowest BCUT2D eigenvalue weighted by atomic mass is 10.4. The van der Waals surface area contributed by atoms with Crippen LogP contribution in [0.25, 0.3) is 0 Å². The molecule has 0 spiro atoms. The molecule has 0 aliphatic carbocycles.